The van der Waals surface area contributed by atoms with Crippen molar-refractivity contribution in [3.8, 4) is 0 Å². The van der Waals surface area contributed by atoms with Crippen LogP contribution >= 0.6 is 47.8 Å². The number of aryl methyl sites for hydroxylation is 2. The molecule has 0 aromatic heterocycles. The van der Waals surface area contributed by atoms with Crippen molar-refractivity contribution in [3.05, 3.63) is 67.3 Å². The van der Waals surface area contributed by atoms with E-state index in [0.717, 1.165) is 25.6 Å². The summed E-state index contributed by atoms with van der Waals surface area (Å²) in [6, 6.07) is 9.20. The lowest BCUT2D eigenvalue weighted by atomic mass is 10.0. The zero-order chi connectivity index (χ0) is 14.2. The van der Waals surface area contributed by atoms with Gasteiger partial charge in [-0.05, 0) is 43.2 Å². The highest BCUT2D eigenvalue weighted by Gasteiger charge is 2.18. The Kier molecular flexibility index (Phi) is 4.85. The van der Waals surface area contributed by atoms with Crippen molar-refractivity contribution in [2.75, 3.05) is 0 Å². The van der Waals surface area contributed by atoms with Crippen LogP contribution in [-0.4, -0.2) is 0 Å². The van der Waals surface area contributed by atoms with Crippen LogP contribution in [0.3, 0.4) is 0 Å². The van der Waals surface area contributed by atoms with Crippen LogP contribution in [0.25, 0.3) is 0 Å². The average molecular weight is 451 g/mol. The monoisotopic (exact) mass is 448 g/mol. The topological polar surface area (TPSA) is 0 Å². The fraction of sp³-hybridized carbons (Fsp3) is 0.200. The molecule has 0 N–H and O–H groups in total. The second-order valence-electron chi connectivity index (χ2n) is 4.51. The summed E-state index contributed by atoms with van der Waals surface area (Å²) < 4.78 is 15.9. The van der Waals surface area contributed by atoms with Crippen LogP contribution in [0.4, 0.5) is 4.39 Å². The molecule has 0 saturated carbocycles. The zero-order valence-electron chi connectivity index (χ0n) is 10.5. The average Bonchev–Trinajstić information content (AvgIpc) is 2.36. The third kappa shape index (κ3) is 3.29. The molecule has 0 radical (unpaired) electrons. The molecule has 0 saturated heterocycles. The van der Waals surface area contributed by atoms with Crippen LogP contribution in [0.5, 0.6) is 0 Å². The van der Waals surface area contributed by atoms with Gasteiger partial charge < -0.3 is 0 Å². The SMILES string of the molecule is Cc1ccc(F)c(C(Br)c2cc(Br)c(C)cc2Br)c1. The number of rotatable bonds is 2. The Morgan fingerprint density at radius 1 is 0.947 bits per heavy atom. The third-order valence-corrected chi connectivity index (χ3v) is 5.50. The van der Waals surface area contributed by atoms with E-state index in [-0.39, 0.29) is 10.6 Å². The highest BCUT2D eigenvalue weighted by atomic mass is 79.9. The predicted octanol–water partition coefficient (Wildman–Crippen LogP) is 6.45. The number of hydrogen-bond donors (Lipinski definition) is 0. The molecule has 1 unspecified atom stereocenters. The van der Waals surface area contributed by atoms with E-state index in [1.54, 1.807) is 6.07 Å². The Morgan fingerprint density at radius 2 is 1.63 bits per heavy atom. The van der Waals surface area contributed by atoms with Gasteiger partial charge in [-0.15, -0.1) is 0 Å². The summed E-state index contributed by atoms with van der Waals surface area (Å²) in [7, 11) is 0. The van der Waals surface area contributed by atoms with E-state index in [9.17, 15) is 4.39 Å². The van der Waals surface area contributed by atoms with Crippen molar-refractivity contribution in [1.82, 2.24) is 0 Å². The molecule has 0 aliphatic heterocycles. The molecule has 2 aromatic rings. The number of benzene rings is 2. The highest BCUT2D eigenvalue weighted by Crippen LogP contribution is 2.39. The summed E-state index contributed by atoms with van der Waals surface area (Å²) in [5, 5.41) is 0. The van der Waals surface area contributed by atoms with Crippen LogP contribution in [-0.2, 0) is 0 Å². The molecule has 0 heterocycles. The maximum Gasteiger partial charge on any atom is 0.127 e. The molecule has 0 aliphatic rings. The van der Waals surface area contributed by atoms with Crippen LogP contribution in [0, 0.1) is 19.7 Å². The molecule has 0 aliphatic carbocycles. The highest BCUT2D eigenvalue weighted by molar-refractivity contribution is 9.11. The summed E-state index contributed by atoms with van der Waals surface area (Å²) >= 11 is 10.7. The summed E-state index contributed by atoms with van der Waals surface area (Å²) in [5.41, 5.74) is 3.83. The van der Waals surface area contributed by atoms with E-state index < -0.39 is 0 Å². The largest absolute Gasteiger partial charge is 0.207 e. The standard InChI is InChI=1S/C15H12Br3F/c1-8-3-4-14(19)11(5-8)15(18)10-7-12(16)9(2)6-13(10)17/h3-7,15H,1-2H3. The van der Waals surface area contributed by atoms with Gasteiger partial charge in [0.05, 0.1) is 4.83 Å². The van der Waals surface area contributed by atoms with E-state index in [4.69, 9.17) is 0 Å². The quantitative estimate of drug-likeness (QED) is 0.461. The van der Waals surface area contributed by atoms with Gasteiger partial charge in [-0.2, -0.15) is 0 Å². The van der Waals surface area contributed by atoms with Gasteiger partial charge in [0.1, 0.15) is 5.82 Å². The molecule has 0 amide bonds. The van der Waals surface area contributed by atoms with Crippen molar-refractivity contribution < 1.29 is 4.39 Å². The number of halogens is 4. The maximum atomic E-state index is 14.0. The molecule has 0 fully saturated rings. The normalized spacial score (nSPS) is 12.5. The van der Waals surface area contributed by atoms with E-state index in [1.807, 2.05) is 32.0 Å². The Labute approximate surface area is 137 Å². The van der Waals surface area contributed by atoms with Crippen LogP contribution < -0.4 is 0 Å². The van der Waals surface area contributed by atoms with Crippen molar-refractivity contribution in [2.24, 2.45) is 0 Å². The van der Waals surface area contributed by atoms with E-state index >= 15 is 0 Å². The van der Waals surface area contributed by atoms with Gasteiger partial charge in [-0.1, -0.05) is 65.5 Å². The summed E-state index contributed by atoms with van der Waals surface area (Å²) in [4.78, 5) is -0.182. The first-order valence-corrected chi connectivity index (χ1v) is 8.26. The molecule has 0 nitrogen and oxygen atoms in total. The van der Waals surface area contributed by atoms with Crippen molar-refractivity contribution in [2.45, 2.75) is 18.7 Å². The molecular formula is C15H12Br3F. The van der Waals surface area contributed by atoms with Crippen molar-refractivity contribution >= 4 is 47.8 Å². The molecule has 4 heteroatoms. The maximum absolute atomic E-state index is 14.0. The Hall–Kier alpha value is -0.190. The van der Waals surface area contributed by atoms with Gasteiger partial charge in [0, 0.05) is 14.5 Å². The van der Waals surface area contributed by atoms with Gasteiger partial charge in [-0.3, -0.25) is 0 Å². The molecule has 0 spiro atoms. The minimum absolute atomic E-state index is 0.182. The fourth-order valence-electron chi connectivity index (χ4n) is 1.88. The minimum Gasteiger partial charge on any atom is -0.207 e. The van der Waals surface area contributed by atoms with Crippen molar-refractivity contribution in [1.29, 1.82) is 0 Å². The minimum atomic E-state index is -0.198. The Balaban J connectivity index is 2.52. The van der Waals surface area contributed by atoms with Gasteiger partial charge >= 0.3 is 0 Å². The first-order chi connectivity index (χ1) is 8.90. The summed E-state index contributed by atoms with van der Waals surface area (Å²) in [6.45, 7) is 3.98. The molecule has 0 bridgehead atoms. The predicted molar refractivity (Wildman–Crippen MR) is 88.5 cm³/mol. The lowest BCUT2D eigenvalue weighted by Gasteiger charge is -2.16. The van der Waals surface area contributed by atoms with Gasteiger partial charge in [0.15, 0.2) is 0 Å². The first kappa shape index (κ1) is 15.2. The summed E-state index contributed by atoms with van der Waals surface area (Å²) in [5.74, 6) is -0.198. The molecule has 19 heavy (non-hydrogen) atoms. The Bertz CT molecular complexity index is 623. The van der Waals surface area contributed by atoms with Crippen LogP contribution in [0.1, 0.15) is 27.1 Å². The lowest BCUT2D eigenvalue weighted by Crippen LogP contribution is -1.99. The van der Waals surface area contributed by atoms with Gasteiger partial charge in [-0.25, -0.2) is 4.39 Å². The second-order valence-corrected chi connectivity index (χ2v) is 7.13. The van der Waals surface area contributed by atoms with Crippen molar-refractivity contribution in [3.63, 3.8) is 0 Å². The van der Waals surface area contributed by atoms with Crippen LogP contribution in [0.15, 0.2) is 39.3 Å². The second kappa shape index (κ2) is 6.06. The zero-order valence-corrected chi connectivity index (χ0v) is 15.2. The van der Waals surface area contributed by atoms with Gasteiger partial charge in [0.25, 0.3) is 0 Å². The molecule has 1 atom stereocenters. The van der Waals surface area contributed by atoms with Gasteiger partial charge in [0.2, 0.25) is 0 Å². The van der Waals surface area contributed by atoms with E-state index in [0.29, 0.717) is 5.56 Å². The molecular weight excluding hydrogens is 439 g/mol. The number of hydrogen-bond acceptors (Lipinski definition) is 0. The smallest absolute Gasteiger partial charge is 0.127 e. The first-order valence-electron chi connectivity index (χ1n) is 5.76. The number of alkyl halides is 1. The molecule has 100 valence electrons. The van der Waals surface area contributed by atoms with E-state index in [2.05, 4.69) is 47.8 Å². The molecule has 2 rings (SSSR count). The van der Waals surface area contributed by atoms with Crippen LogP contribution in [0.2, 0.25) is 0 Å². The van der Waals surface area contributed by atoms with E-state index in [1.165, 1.54) is 6.07 Å². The lowest BCUT2D eigenvalue weighted by molar-refractivity contribution is 0.613. The fourth-order valence-corrected chi connectivity index (χ4v) is 3.97. The third-order valence-electron chi connectivity index (χ3n) is 2.98. The molecule has 2 aromatic carbocycles. The Morgan fingerprint density at radius 3 is 2.32 bits per heavy atom. The summed E-state index contributed by atoms with van der Waals surface area (Å²) in [6.07, 6.45) is 0.